The highest BCUT2D eigenvalue weighted by molar-refractivity contribution is 4.99. The minimum atomic E-state index is -2.50. The van der Waals surface area contributed by atoms with E-state index < -0.39 is 224 Å². The topological polar surface area (TPSA) is 506 Å². The van der Waals surface area contributed by atoms with Crippen LogP contribution in [-0.4, -0.2) is 326 Å². The molecule has 0 aromatic heterocycles. The molecule has 31 nitrogen and oxygen atoms in total. The van der Waals surface area contributed by atoms with Gasteiger partial charge in [-0.3, -0.25) is 0 Å². The molecule has 0 aromatic carbocycles. The molecule has 0 saturated carbocycles. The quantitative estimate of drug-likeness (QED) is 0.0643. The summed E-state index contributed by atoms with van der Waals surface area (Å²) in [5, 5.41) is 207. The second-order valence-electron chi connectivity index (χ2n) is 17.0. The molecule has 0 aliphatic carbocycles. The van der Waals surface area contributed by atoms with Crippen molar-refractivity contribution in [2.45, 2.75) is 178 Å². The second-order valence-corrected chi connectivity index (χ2v) is 17.0. The van der Waals surface area contributed by atoms with Crippen LogP contribution in [0, 0.1) is 0 Å². The Labute approximate surface area is 378 Å². The van der Waals surface area contributed by atoms with E-state index in [1.54, 1.807) is 0 Å². The van der Waals surface area contributed by atoms with Gasteiger partial charge in [0.1, 0.15) is 147 Å². The lowest BCUT2D eigenvalue weighted by atomic mass is 9.97. The number of ether oxygens (including phenoxy) is 11. The normalized spacial score (nSPS) is 53.2. The molecule has 20 N–H and O–H groups in total. The summed E-state index contributed by atoms with van der Waals surface area (Å²) < 4.78 is 60.1. The second kappa shape index (κ2) is 23.1. The molecule has 67 heavy (non-hydrogen) atoms. The van der Waals surface area contributed by atoms with Crippen molar-refractivity contribution in [3.8, 4) is 0 Å². The summed E-state index contributed by atoms with van der Waals surface area (Å²) in [5.74, 6) is -2.50. The molecule has 0 bridgehead atoms. The molecule has 0 aromatic rings. The lowest BCUT2D eigenvalue weighted by Gasteiger charge is -2.45. The van der Waals surface area contributed by atoms with Gasteiger partial charge in [0.25, 0.3) is 0 Å². The Morgan fingerprint density at radius 3 is 0.851 bits per heavy atom. The maximum atomic E-state index is 10.7. The van der Waals surface area contributed by atoms with Crippen LogP contribution >= 0.6 is 0 Å². The van der Waals surface area contributed by atoms with E-state index in [1.807, 2.05) is 0 Å². The largest absolute Gasteiger partial charge is 0.394 e. The lowest BCUT2D eigenvalue weighted by Crippen LogP contribution is -2.64. The van der Waals surface area contributed by atoms with Gasteiger partial charge in [-0.15, -0.1) is 0 Å². The summed E-state index contributed by atoms with van der Waals surface area (Å²) in [6, 6.07) is 0. The van der Waals surface area contributed by atoms with Crippen LogP contribution < -0.4 is 0 Å². The number of hydrogen-bond acceptors (Lipinski definition) is 31. The maximum Gasteiger partial charge on any atom is 0.224 e. The lowest BCUT2D eigenvalue weighted by molar-refractivity contribution is -0.388. The summed E-state index contributed by atoms with van der Waals surface area (Å²) in [6.07, 6.45) is -51.4. The van der Waals surface area contributed by atoms with Crippen molar-refractivity contribution in [3.05, 3.63) is 0 Å². The highest BCUT2D eigenvalue weighted by Crippen LogP contribution is 2.37. The zero-order valence-electron chi connectivity index (χ0n) is 35.1. The third kappa shape index (κ3) is 11.4. The SMILES string of the molecule is OC[C@H]1O[C@H](OC[C@H]2O[C@H](OC[C@H]3O[C@H](OC[C@H]4O[C@H](OC[C@H]5O[C@H](O[C@]6(CO)O[C@H](CO)[C@@H](O)[C@@H]6O)[C@H](O)[C@@H](O)[C@H]5O)[C@H](O)[C@@H](O)[C@H]4O)[C@H](O)[C@@H](O)[C@H]3O)[C@H](O)[C@@H](O)[C@H]2O)[C@H](O)[C@@H](O)[C@H]1O. The van der Waals surface area contributed by atoms with Gasteiger partial charge in [-0.2, -0.15) is 0 Å². The molecule has 31 heteroatoms. The van der Waals surface area contributed by atoms with Gasteiger partial charge in [-0.05, 0) is 0 Å². The maximum absolute atomic E-state index is 10.7. The Hall–Kier alpha value is -1.24. The Balaban J connectivity index is 1.03. The fourth-order valence-corrected chi connectivity index (χ4v) is 8.16. The fourth-order valence-electron chi connectivity index (χ4n) is 8.16. The van der Waals surface area contributed by atoms with E-state index in [9.17, 15) is 102 Å². The van der Waals surface area contributed by atoms with Crippen molar-refractivity contribution < 1.29 is 154 Å². The Morgan fingerprint density at radius 1 is 0.299 bits per heavy atom. The highest BCUT2D eigenvalue weighted by atomic mass is 16.8. The van der Waals surface area contributed by atoms with E-state index in [4.69, 9.17) is 52.1 Å². The first-order chi connectivity index (χ1) is 31.6. The van der Waals surface area contributed by atoms with Crippen molar-refractivity contribution >= 4 is 0 Å². The summed E-state index contributed by atoms with van der Waals surface area (Å²) in [7, 11) is 0. The van der Waals surface area contributed by atoms with Crippen molar-refractivity contribution in [2.75, 3.05) is 46.2 Å². The Kier molecular flexibility index (Phi) is 19.0. The minimum absolute atomic E-state index is 0.699. The average Bonchev–Trinajstić information content (AvgIpc) is 3.56. The average molecular weight is 991 g/mol. The molecular formula is C36H62O31. The van der Waals surface area contributed by atoms with Crippen molar-refractivity contribution in [2.24, 2.45) is 0 Å². The third-order valence-corrected chi connectivity index (χ3v) is 12.4. The van der Waals surface area contributed by atoms with Gasteiger partial charge in [0.2, 0.25) is 5.79 Å². The fraction of sp³-hybridized carbons (Fsp3) is 1.00. The van der Waals surface area contributed by atoms with Gasteiger partial charge in [-0.1, -0.05) is 0 Å². The molecule has 6 aliphatic rings. The van der Waals surface area contributed by atoms with Crippen LogP contribution in [0.3, 0.4) is 0 Å². The Bertz CT molecular complexity index is 1520. The summed E-state index contributed by atoms with van der Waals surface area (Å²) in [4.78, 5) is 0. The first-order valence-electron chi connectivity index (χ1n) is 21.1. The highest BCUT2D eigenvalue weighted by Gasteiger charge is 2.59. The monoisotopic (exact) mass is 990 g/mol. The standard InChI is InChI=1S/C36H62O31/c37-1-8-14(40)20(46)25(51)31(61-8)57-3-10-15(41)21(47)26(52)32(62-10)58-4-11-16(42)22(48)27(53)33(63-11)59-5-12-17(43)23(49)28(54)34(64-12)60-6-13-18(44)24(50)29(55)35(65-13)67-36(7-39)30(56)19(45)9(2-38)66-36/h8-35,37-56H,1-7H2/t8-,9-,10-,11-,12-,13-,14+,15+,16+,17+,18+,19-,20+,21+,22+,23+,24+,25-,26-,27-,28-,29-,30+,31+,32+,33+,34+,35-,36+/m1/s1. The van der Waals surface area contributed by atoms with Crippen molar-refractivity contribution in [1.82, 2.24) is 0 Å². The van der Waals surface area contributed by atoms with E-state index >= 15 is 0 Å². The zero-order valence-corrected chi connectivity index (χ0v) is 35.1. The van der Waals surface area contributed by atoms with Crippen LogP contribution in [0.4, 0.5) is 0 Å². The molecule has 29 atom stereocenters. The van der Waals surface area contributed by atoms with Gasteiger partial charge < -0.3 is 154 Å². The third-order valence-electron chi connectivity index (χ3n) is 12.4. The van der Waals surface area contributed by atoms with Crippen molar-refractivity contribution in [1.29, 1.82) is 0 Å². The molecule has 6 rings (SSSR count). The first-order valence-corrected chi connectivity index (χ1v) is 21.1. The van der Waals surface area contributed by atoms with Gasteiger partial charge in [0.15, 0.2) is 31.5 Å². The Morgan fingerprint density at radius 2 is 0.567 bits per heavy atom. The van der Waals surface area contributed by atoms with E-state index in [2.05, 4.69) is 0 Å². The first kappa shape index (κ1) is 55.1. The molecule has 392 valence electrons. The van der Waals surface area contributed by atoms with Gasteiger partial charge in [0.05, 0.1) is 39.6 Å². The zero-order chi connectivity index (χ0) is 49.4. The van der Waals surface area contributed by atoms with Crippen LogP contribution in [0.15, 0.2) is 0 Å². The molecular weight excluding hydrogens is 928 g/mol. The summed E-state index contributed by atoms with van der Waals surface area (Å²) >= 11 is 0. The van der Waals surface area contributed by atoms with E-state index in [1.165, 1.54) is 0 Å². The molecule has 0 unspecified atom stereocenters. The molecule has 0 radical (unpaired) electrons. The molecule has 0 amide bonds. The predicted octanol–water partition coefficient (Wildman–Crippen LogP) is -14.1. The molecule has 6 saturated heterocycles. The van der Waals surface area contributed by atoms with Crippen LogP contribution in [0.1, 0.15) is 0 Å². The van der Waals surface area contributed by atoms with Gasteiger partial charge in [-0.25, -0.2) is 0 Å². The van der Waals surface area contributed by atoms with Crippen LogP contribution in [0.25, 0.3) is 0 Å². The minimum Gasteiger partial charge on any atom is -0.394 e. The molecule has 6 fully saturated rings. The van der Waals surface area contributed by atoms with Crippen molar-refractivity contribution in [3.63, 3.8) is 0 Å². The van der Waals surface area contributed by atoms with E-state index in [0.29, 0.717) is 0 Å². The van der Waals surface area contributed by atoms with Gasteiger partial charge >= 0.3 is 0 Å². The predicted molar refractivity (Wildman–Crippen MR) is 199 cm³/mol. The van der Waals surface area contributed by atoms with E-state index in [0.717, 1.165) is 0 Å². The van der Waals surface area contributed by atoms with Gasteiger partial charge in [0, 0.05) is 0 Å². The molecule has 6 aliphatic heterocycles. The van der Waals surface area contributed by atoms with E-state index in [-0.39, 0.29) is 0 Å². The molecule has 0 spiro atoms. The smallest absolute Gasteiger partial charge is 0.224 e. The number of aliphatic hydroxyl groups excluding tert-OH is 20. The number of hydrogen-bond donors (Lipinski definition) is 20. The summed E-state index contributed by atoms with van der Waals surface area (Å²) in [6.45, 7) is -5.90. The number of rotatable bonds is 17. The van der Waals surface area contributed by atoms with Crippen LogP contribution in [0.5, 0.6) is 0 Å². The molecule has 6 heterocycles. The summed E-state index contributed by atoms with van der Waals surface area (Å²) in [5.41, 5.74) is 0. The van der Waals surface area contributed by atoms with Crippen LogP contribution in [0.2, 0.25) is 0 Å². The van der Waals surface area contributed by atoms with Crippen LogP contribution in [-0.2, 0) is 52.1 Å². The number of aliphatic hydroxyl groups is 20.